The average Bonchev–Trinajstić information content (AvgIpc) is 2.89. The van der Waals surface area contributed by atoms with E-state index < -0.39 is 0 Å². The van der Waals surface area contributed by atoms with Gasteiger partial charge in [-0.3, -0.25) is 4.79 Å². The molecule has 6 nitrogen and oxygen atoms in total. The molecule has 0 aliphatic carbocycles. The standard InChI is InChI=1S/C28H29N3O3/c1-2-30-14-16-31(17-15-30)24-11-9-23(10-12-24)29-27(32)21-8-13-25-22(18-21)19-26(34-28(25)33)20-6-4-3-5-7-20/h3-13,18,26H,2,14-17,19H2,1H3,(H,29,32). The lowest BCUT2D eigenvalue weighted by molar-refractivity contribution is 0.0252. The van der Waals surface area contributed by atoms with Gasteiger partial charge in [-0.05, 0) is 60.1 Å². The zero-order valence-corrected chi connectivity index (χ0v) is 19.4. The van der Waals surface area contributed by atoms with Gasteiger partial charge in [0.25, 0.3) is 5.91 Å². The van der Waals surface area contributed by atoms with E-state index in [2.05, 4.69) is 34.2 Å². The van der Waals surface area contributed by atoms with E-state index in [0.29, 0.717) is 17.5 Å². The van der Waals surface area contributed by atoms with Crippen LogP contribution in [0.2, 0.25) is 0 Å². The first-order chi connectivity index (χ1) is 16.6. The number of likely N-dealkylation sites (N-methyl/N-ethyl adjacent to an activating group) is 1. The monoisotopic (exact) mass is 455 g/mol. The van der Waals surface area contributed by atoms with Crippen molar-refractivity contribution in [3.05, 3.63) is 95.1 Å². The van der Waals surface area contributed by atoms with Crippen LogP contribution in [0.15, 0.2) is 72.8 Å². The fourth-order valence-corrected chi connectivity index (χ4v) is 4.67. The Labute approximate surface area is 200 Å². The molecule has 0 bridgehead atoms. The zero-order valence-electron chi connectivity index (χ0n) is 19.4. The van der Waals surface area contributed by atoms with Gasteiger partial charge in [0, 0.05) is 49.5 Å². The van der Waals surface area contributed by atoms with Crippen molar-refractivity contribution >= 4 is 23.3 Å². The number of anilines is 2. The minimum atomic E-state index is -0.350. The average molecular weight is 456 g/mol. The second kappa shape index (κ2) is 9.69. The second-order valence-electron chi connectivity index (χ2n) is 8.80. The van der Waals surface area contributed by atoms with Crippen LogP contribution in [0.3, 0.4) is 0 Å². The normalized spacial score (nSPS) is 18.2. The molecule has 5 rings (SSSR count). The predicted molar refractivity (Wildman–Crippen MR) is 133 cm³/mol. The Balaban J connectivity index is 1.26. The van der Waals surface area contributed by atoms with Gasteiger partial charge in [-0.2, -0.15) is 0 Å². The van der Waals surface area contributed by atoms with Gasteiger partial charge in [-0.25, -0.2) is 4.79 Å². The van der Waals surface area contributed by atoms with Crippen molar-refractivity contribution in [2.24, 2.45) is 0 Å². The number of cyclic esters (lactones) is 1. The number of esters is 1. The molecule has 0 spiro atoms. The number of hydrogen-bond acceptors (Lipinski definition) is 5. The Morgan fingerprint density at radius 3 is 2.41 bits per heavy atom. The van der Waals surface area contributed by atoms with Crippen LogP contribution < -0.4 is 10.2 Å². The summed E-state index contributed by atoms with van der Waals surface area (Å²) in [5.74, 6) is -0.542. The number of rotatable bonds is 5. The first kappa shape index (κ1) is 22.2. The summed E-state index contributed by atoms with van der Waals surface area (Å²) in [6.07, 6.45) is 0.206. The van der Waals surface area contributed by atoms with E-state index in [0.717, 1.165) is 49.5 Å². The molecule has 6 heteroatoms. The SMILES string of the molecule is CCN1CCN(c2ccc(NC(=O)c3ccc4c(c3)CC(c3ccccc3)OC4=O)cc2)CC1. The maximum absolute atomic E-state index is 12.9. The van der Waals surface area contributed by atoms with Crippen LogP contribution >= 0.6 is 0 Å². The molecule has 0 saturated carbocycles. The Morgan fingerprint density at radius 2 is 1.71 bits per heavy atom. The van der Waals surface area contributed by atoms with Crippen molar-refractivity contribution in [2.45, 2.75) is 19.4 Å². The van der Waals surface area contributed by atoms with E-state index in [1.165, 1.54) is 5.69 Å². The van der Waals surface area contributed by atoms with Crippen molar-refractivity contribution in [3.8, 4) is 0 Å². The number of nitrogens with one attached hydrogen (secondary N) is 1. The lowest BCUT2D eigenvalue weighted by atomic mass is 9.93. The van der Waals surface area contributed by atoms with Gasteiger partial charge in [-0.1, -0.05) is 37.3 Å². The lowest BCUT2D eigenvalue weighted by Gasteiger charge is -2.35. The molecule has 2 aliphatic rings. The van der Waals surface area contributed by atoms with Crippen molar-refractivity contribution in [1.82, 2.24) is 4.90 Å². The maximum Gasteiger partial charge on any atom is 0.339 e. The Kier molecular flexibility index (Phi) is 6.32. The van der Waals surface area contributed by atoms with Crippen LogP contribution in [0.25, 0.3) is 0 Å². The molecule has 0 radical (unpaired) electrons. The number of nitrogens with zero attached hydrogens (tertiary/aromatic N) is 2. The fourth-order valence-electron chi connectivity index (χ4n) is 4.67. The summed E-state index contributed by atoms with van der Waals surface area (Å²) in [6, 6.07) is 22.9. The molecule has 3 aromatic carbocycles. The van der Waals surface area contributed by atoms with Crippen LogP contribution in [0, 0.1) is 0 Å². The number of fused-ring (bicyclic) bond motifs is 1. The molecule has 1 fully saturated rings. The third-order valence-corrected chi connectivity index (χ3v) is 6.72. The molecule has 174 valence electrons. The number of carbonyl (C=O) groups excluding carboxylic acids is 2. The van der Waals surface area contributed by atoms with Crippen LogP contribution in [0.5, 0.6) is 0 Å². The molecule has 1 saturated heterocycles. The third kappa shape index (κ3) is 4.68. The van der Waals surface area contributed by atoms with Crippen molar-refractivity contribution in [3.63, 3.8) is 0 Å². The van der Waals surface area contributed by atoms with Gasteiger partial charge in [-0.15, -0.1) is 0 Å². The van der Waals surface area contributed by atoms with Gasteiger partial charge in [0.2, 0.25) is 0 Å². The number of carbonyl (C=O) groups is 2. The Morgan fingerprint density at radius 1 is 0.971 bits per heavy atom. The van der Waals surface area contributed by atoms with Gasteiger partial charge in [0.1, 0.15) is 6.10 Å². The highest BCUT2D eigenvalue weighted by molar-refractivity contribution is 6.05. The number of hydrogen-bond donors (Lipinski definition) is 1. The Bertz CT molecular complexity index is 1170. The van der Waals surface area contributed by atoms with Gasteiger partial charge >= 0.3 is 5.97 Å². The van der Waals surface area contributed by atoms with E-state index >= 15 is 0 Å². The van der Waals surface area contributed by atoms with Gasteiger partial charge in [0.05, 0.1) is 5.56 Å². The molecule has 3 aromatic rings. The summed E-state index contributed by atoms with van der Waals surface area (Å²) < 4.78 is 5.62. The molecule has 1 N–H and O–H groups in total. The third-order valence-electron chi connectivity index (χ3n) is 6.72. The van der Waals surface area contributed by atoms with Crippen molar-refractivity contribution in [2.75, 3.05) is 42.9 Å². The van der Waals surface area contributed by atoms with E-state index in [1.54, 1.807) is 12.1 Å². The van der Waals surface area contributed by atoms with E-state index in [9.17, 15) is 9.59 Å². The highest BCUT2D eigenvalue weighted by atomic mass is 16.5. The predicted octanol–water partition coefficient (Wildman–Crippen LogP) is 4.54. The number of ether oxygens (including phenoxy) is 1. The largest absolute Gasteiger partial charge is 0.454 e. The van der Waals surface area contributed by atoms with Gasteiger partial charge < -0.3 is 19.9 Å². The fraction of sp³-hybridized carbons (Fsp3) is 0.286. The van der Waals surface area contributed by atoms with E-state index in [1.807, 2.05) is 48.5 Å². The molecule has 2 heterocycles. The number of benzene rings is 3. The summed E-state index contributed by atoms with van der Waals surface area (Å²) in [7, 11) is 0. The van der Waals surface area contributed by atoms with Crippen LogP contribution in [-0.2, 0) is 11.2 Å². The maximum atomic E-state index is 12.9. The summed E-state index contributed by atoms with van der Waals surface area (Å²) in [5, 5.41) is 2.98. The second-order valence-corrected chi connectivity index (χ2v) is 8.80. The molecule has 1 atom stereocenters. The zero-order chi connectivity index (χ0) is 23.5. The molecular formula is C28H29N3O3. The Hall–Kier alpha value is -3.64. The minimum Gasteiger partial charge on any atom is -0.454 e. The quantitative estimate of drug-likeness (QED) is 0.573. The van der Waals surface area contributed by atoms with Crippen LogP contribution in [0.1, 0.15) is 44.9 Å². The number of amides is 1. The van der Waals surface area contributed by atoms with Crippen LogP contribution in [0.4, 0.5) is 11.4 Å². The van der Waals surface area contributed by atoms with Crippen LogP contribution in [-0.4, -0.2) is 49.5 Å². The number of piperazine rings is 1. The molecular weight excluding hydrogens is 426 g/mol. The first-order valence-electron chi connectivity index (χ1n) is 11.9. The topological polar surface area (TPSA) is 61.9 Å². The molecule has 1 unspecified atom stereocenters. The minimum absolute atomic E-state index is 0.192. The molecule has 1 amide bonds. The summed E-state index contributed by atoms with van der Waals surface area (Å²) in [6.45, 7) is 7.47. The summed E-state index contributed by atoms with van der Waals surface area (Å²) in [5.41, 5.74) is 4.76. The molecule has 0 aromatic heterocycles. The molecule has 34 heavy (non-hydrogen) atoms. The summed E-state index contributed by atoms with van der Waals surface area (Å²) >= 11 is 0. The van der Waals surface area contributed by atoms with Gasteiger partial charge in [0.15, 0.2) is 0 Å². The van der Waals surface area contributed by atoms with Crippen molar-refractivity contribution < 1.29 is 14.3 Å². The highest BCUT2D eigenvalue weighted by Crippen LogP contribution is 2.31. The molecule has 2 aliphatic heterocycles. The summed E-state index contributed by atoms with van der Waals surface area (Å²) in [4.78, 5) is 30.3. The lowest BCUT2D eigenvalue weighted by Crippen LogP contribution is -2.46. The van der Waals surface area contributed by atoms with Crippen molar-refractivity contribution in [1.29, 1.82) is 0 Å². The van der Waals surface area contributed by atoms with E-state index in [-0.39, 0.29) is 18.0 Å². The van der Waals surface area contributed by atoms with E-state index in [4.69, 9.17) is 4.74 Å². The smallest absolute Gasteiger partial charge is 0.339 e. The highest BCUT2D eigenvalue weighted by Gasteiger charge is 2.28. The first-order valence-corrected chi connectivity index (χ1v) is 11.9.